The predicted octanol–water partition coefficient (Wildman–Crippen LogP) is 4.08. The maximum absolute atomic E-state index is 5.16. The number of hydrogen-bond acceptors (Lipinski definition) is 2. The molecule has 1 N–H and O–H groups in total. The van der Waals surface area contributed by atoms with E-state index in [4.69, 9.17) is 4.74 Å². The van der Waals surface area contributed by atoms with Crippen molar-refractivity contribution in [3.8, 4) is 5.75 Å². The lowest BCUT2D eigenvalue weighted by Crippen LogP contribution is -2.27. The van der Waals surface area contributed by atoms with Gasteiger partial charge in [-0.1, -0.05) is 19.3 Å². The summed E-state index contributed by atoms with van der Waals surface area (Å²) in [6.07, 6.45) is 6.99. The van der Waals surface area contributed by atoms with Gasteiger partial charge in [-0.25, -0.2) is 0 Å². The molecule has 2 nitrogen and oxygen atoms in total. The second kappa shape index (κ2) is 5.95. The Morgan fingerprint density at radius 2 is 1.76 bits per heavy atom. The van der Waals surface area contributed by atoms with E-state index in [0.29, 0.717) is 6.04 Å². The third-order valence-corrected chi connectivity index (χ3v) is 3.84. The fraction of sp³-hybridized carbons (Fsp3) is 0.600. The van der Waals surface area contributed by atoms with E-state index in [9.17, 15) is 0 Å². The number of nitrogens with one attached hydrogen (secondary N) is 1. The highest BCUT2D eigenvalue weighted by Gasteiger charge is 2.19. The van der Waals surface area contributed by atoms with Gasteiger partial charge < -0.3 is 10.1 Å². The molecule has 0 aliphatic heterocycles. The van der Waals surface area contributed by atoms with Gasteiger partial charge in [0, 0.05) is 11.7 Å². The van der Waals surface area contributed by atoms with Crippen LogP contribution in [0.15, 0.2) is 24.3 Å². The molecule has 1 aromatic rings. The predicted molar refractivity (Wildman–Crippen MR) is 72.7 cm³/mol. The first-order chi connectivity index (χ1) is 8.29. The van der Waals surface area contributed by atoms with Gasteiger partial charge in [0.1, 0.15) is 5.75 Å². The number of methoxy groups -OCH3 is 1. The molecule has 1 atom stereocenters. The van der Waals surface area contributed by atoms with Crippen LogP contribution in [0.25, 0.3) is 0 Å². The van der Waals surface area contributed by atoms with Crippen molar-refractivity contribution in [3.05, 3.63) is 24.3 Å². The van der Waals surface area contributed by atoms with Gasteiger partial charge in [-0.3, -0.25) is 0 Å². The zero-order valence-electron chi connectivity index (χ0n) is 10.9. The molecular formula is C15H23NO. The van der Waals surface area contributed by atoms with Gasteiger partial charge >= 0.3 is 0 Å². The molecule has 1 fully saturated rings. The highest BCUT2D eigenvalue weighted by Crippen LogP contribution is 2.28. The fourth-order valence-electron chi connectivity index (χ4n) is 2.70. The van der Waals surface area contributed by atoms with Gasteiger partial charge in [0.2, 0.25) is 0 Å². The van der Waals surface area contributed by atoms with Crippen LogP contribution in [0.1, 0.15) is 39.0 Å². The molecular weight excluding hydrogens is 210 g/mol. The van der Waals surface area contributed by atoms with Gasteiger partial charge in [-0.15, -0.1) is 0 Å². The minimum absolute atomic E-state index is 0.573. The maximum atomic E-state index is 5.16. The Labute approximate surface area is 104 Å². The summed E-state index contributed by atoms with van der Waals surface area (Å²) in [7, 11) is 1.70. The second-order valence-corrected chi connectivity index (χ2v) is 5.06. The van der Waals surface area contributed by atoms with Gasteiger partial charge in [0.15, 0.2) is 0 Å². The van der Waals surface area contributed by atoms with Crippen LogP contribution in [0.3, 0.4) is 0 Å². The zero-order valence-corrected chi connectivity index (χ0v) is 10.9. The van der Waals surface area contributed by atoms with E-state index in [2.05, 4.69) is 24.4 Å². The zero-order chi connectivity index (χ0) is 12.1. The standard InChI is InChI=1S/C15H23NO/c1-12(13-6-4-3-5-7-13)16-14-8-10-15(17-2)11-9-14/h8-13,16H,3-7H2,1-2H3/t12-/m0/s1. The van der Waals surface area contributed by atoms with Gasteiger partial charge in [0.05, 0.1) is 7.11 Å². The molecule has 0 saturated heterocycles. The SMILES string of the molecule is COc1ccc(N[C@@H](C)C2CCCCC2)cc1. The Balaban J connectivity index is 1.89. The molecule has 1 aromatic carbocycles. The smallest absolute Gasteiger partial charge is 0.119 e. The average Bonchev–Trinajstić information content (AvgIpc) is 2.40. The molecule has 0 bridgehead atoms. The summed E-state index contributed by atoms with van der Waals surface area (Å²) in [5, 5.41) is 3.61. The molecule has 17 heavy (non-hydrogen) atoms. The lowest BCUT2D eigenvalue weighted by atomic mass is 9.84. The normalized spacial score (nSPS) is 18.7. The Hall–Kier alpha value is -1.18. The maximum Gasteiger partial charge on any atom is 0.119 e. The summed E-state index contributed by atoms with van der Waals surface area (Å²) < 4.78 is 5.16. The van der Waals surface area contributed by atoms with Crippen LogP contribution in [0.5, 0.6) is 5.75 Å². The Morgan fingerprint density at radius 1 is 1.12 bits per heavy atom. The minimum atomic E-state index is 0.573. The molecule has 2 rings (SSSR count). The van der Waals surface area contributed by atoms with E-state index < -0.39 is 0 Å². The number of hydrogen-bond donors (Lipinski definition) is 1. The number of benzene rings is 1. The van der Waals surface area contributed by atoms with Crippen LogP contribution in [0.2, 0.25) is 0 Å². The molecule has 0 amide bonds. The highest BCUT2D eigenvalue weighted by atomic mass is 16.5. The third kappa shape index (κ3) is 3.39. The molecule has 1 saturated carbocycles. The summed E-state index contributed by atoms with van der Waals surface area (Å²) in [6, 6.07) is 8.78. The van der Waals surface area contributed by atoms with Gasteiger partial charge in [0.25, 0.3) is 0 Å². The Morgan fingerprint density at radius 3 is 2.35 bits per heavy atom. The van der Waals surface area contributed by atoms with E-state index in [1.807, 2.05) is 12.1 Å². The van der Waals surface area contributed by atoms with Crippen LogP contribution < -0.4 is 10.1 Å². The molecule has 2 heteroatoms. The largest absolute Gasteiger partial charge is 0.497 e. The summed E-state index contributed by atoms with van der Waals surface area (Å²) in [5.41, 5.74) is 1.20. The molecule has 1 aliphatic rings. The summed E-state index contributed by atoms with van der Waals surface area (Å²) in [4.78, 5) is 0. The topological polar surface area (TPSA) is 21.3 Å². The van der Waals surface area contributed by atoms with Crippen molar-refractivity contribution in [2.24, 2.45) is 5.92 Å². The van der Waals surface area contributed by atoms with Crippen LogP contribution in [-0.2, 0) is 0 Å². The Kier molecular flexibility index (Phi) is 4.29. The van der Waals surface area contributed by atoms with Crippen molar-refractivity contribution < 1.29 is 4.74 Å². The van der Waals surface area contributed by atoms with Gasteiger partial charge in [-0.05, 0) is 49.9 Å². The number of rotatable bonds is 4. The minimum Gasteiger partial charge on any atom is -0.497 e. The van der Waals surface area contributed by atoms with Crippen LogP contribution in [0.4, 0.5) is 5.69 Å². The summed E-state index contributed by atoms with van der Waals surface area (Å²) >= 11 is 0. The first-order valence-corrected chi connectivity index (χ1v) is 6.70. The Bertz CT molecular complexity index is 327. The van der Waals surface area contributed by atoms with Crippen LogP contribution in [-0.4, -0.2) is 13.2 Å². The first kappa shape index (κ1) is 12.3. The van der Waals surface area contributed by atoms with Crippen LogP contribution >= 0.6 is 0 Å². The van der Waals surface area contributed by atoms with Crippen molar-refractivity contribution in [2.45, 2.75) is 45.1 Å². The van der Waals surface area contributed by atoms with E-state index >= 15 is 0 Å². The quantitative estimate of drug-likeness (QED) is 0.846. The molecule has 0 unspecified atom stereocenters. The molecule has 94 valence electrons. The number of ether oxygens (including phenoxy) is 1. The van der Waals surface area contributed by atoms with Crippen molar-refractivity contribution in [1.29, 1.82) is 0 Å². The fourth-order valence-corrected chi connectivity index (χ4v) is 2.70. The van der Waals surface area contributed by atoms with Gasteiger partial charge in [-0.2, -0.15) is 0 Å². The van der Waals surface area contributed by atoms with Crippen molar-refractivity contribution in [2.75, 3.05) is 12.4 Å². The molecule has 0 aromatic heterocycles. The van der Waals surface area contributed by atoms with E-state index in [1.54, 1.807) is 7.11 Å². The molecule has 0 spiro atoms. The monoisotopic (exact) mass is 233 g/mol. The average molecular weight is 233 g/mol. The van der Waals surface area contributed by atoms with Crippen molar-refractivity contribution in [1.82, 2.24) is 0 Å². The molecule has 0 heterocycles. The first-order valence-electron chi connectivity index (χ1n) is 6.70. The lowest BCUT2D eigenvalue weighted by molar-refractivity contribution is 0.328. The van der Waals surface area contributed by atoms with Crippen LogP contribution in [0, 0.1) is 5.92 Å². The molecule has 1 aliphatic carbocycles. The summed E-state index contributed by atoms with van der Waals surface area (Å²) in [6.45, 7) is 2.31. The number of anilines is 1. The van der Waals surface area contributed by atoms with Crippen molar-refractivity contribution >= 4 is 5.69 Å². The second-order valence-electron chi connectivity index (χ2n) is 5.06. The third-order valence-electron chi connectivity index (χ3n) is 3.84. The van der Waals surface area contributed by atoms with E-state index in [-0.39, 0.29) is 0 Å². The molecule has 0 radical (unpaired) electrons. The van der Waals surface area contributed by atoms with E-state index in [0.717, 1.165) is 11.7 Å². The highest BCUT2D eigenvalue weighted by molar-refractivity contribution is 5.47. The van der Waals surface area contributed by atoms with Crippen molar-refractivity contribution in [3.63, 3.8) is 0 Å². The van der Waals surface area contributed by atoms with E-state index in [1.165, 1.54) is 37.8 Å². The lowest BCUT2D eigenvalue weighted by Gasteiger charge is -2.29. The summed E-state index contributed by atoms with van der Waals surface area (Å²) in [5.74, 6) is 1.76.